The molecule has 1 saturated carbocycles. The molecule has 58 heavy (non-hydrogen) atoms. The van der Waals surface area contributed by atoms with Crippen LogP contribution in [-0.2, 0) is 35.2 Å². The fourth-order valence-corrected chi connectivity index (χ4v) is 9.35. The zero-order valence-corrected chi connectivity index (χ0v) is 32.6. The Morgan fingerprint density at radius 3 is 2.33 bits per heavy atom. The summed E-state index contributed by atoms with van der Waals surface area (Å²) < 4.78 is 28.7. The molecular weight excluding hydrogens is 756 g/mol. The Balaban J connectivity index is 1.24. The number of hydrogen-bond donors (Lipinski definition) is 5. The van der Waals surface area contributed by atoms with Crippen molar-refractivity contribution in [2.24, 2.45) is 11.8 Å². The number of aliphatic hydroxyl groups is 1. The van der Waals surface area contributed by atoms with Gasteiger partial charge in [-0.2, -0.15) is 0 Å². The molecule has 1 spiro atoms. The van der Waals surface area contributed by atoms with Crippen LogP contribution in [0.25, 0.3) is 0 Å². The van der Waals surface area contributed by atoms with Gasteiger partial charge >= 0.3 is 6.03 Å². The van der Waals surface area contributed by atoms with Crippen LogP contribution < -0.4 is 21.3 Å². The molecule has 0 bridgehead atoms. The predicted octanol–water partition coefficient (Wildman–Crippen LogP) is 1.55. The molecule has 310 valence electrons. The van der Waals surface area contributed by atoms with Crippen molar-refractivity contribution < 1.29 is 47.4 Å². The number of nitrogens with zero attached hydrogens (tertiary/aromatic N) is 3. The highest BCUT2D eigenvalue weighted by Crippen LogP contribution is 2.55. The first-order chi connectivity index (χ1) is 27.5. The molecule has 4 aliphatic heterocycles. The van der Waals surface area contributed by atoms with E-state index in [1.54, 1.807) is 24.3 Å². The Morgan fingerprint density at radius 2 is 1.62 bits per heavy atom. The van der Waals surface area contributed by atoms with E-state index in [9.17, 15) is 47.4 Å². The summed E-state index contributed by atoms with van der Waals surface area (Å²) in [7, 11) is 0. The van der Waals surface area contributed by atoms with Crippen LogP contribution >= 0.6 is 0 Å². The Labute approximate surface area is 334 Å². The number of rotatable bonds is 6. The number of aryl methyl sites for hydroxylation is 1. The van der Waals surface area contributed by atoms with Gasteiger partial charge in [0.1, 0.15) is 47.4 Å². The van der Waals surface area contributed by atoms with Gasteiger partial charge in [0.15, 0.2) is 5.78 Å². The average molecular weight is 806 g/mol. The van der Waals surface area contributed by atoms with Crippen LogP contribution in [0.3, 0.4) is 0 Å². The zero-order valence-electron chi connectivity index (χ0n) is 32.6. The largest absolute Gasteiger partial charge is 0.391 e. The number of carbonyl (C=O) groups is 7. The Morgan fingerprint density at radius 1 is 0.914 bits per heavy atom. The molecule has 9 atom stereocenters. The number of aliphatic hydroxyl groups excluding tert-OH is 1. The number of Topliss-reactive ketones (excluding diaryl/α,β-unsaturated/α-hetero) is 1. The smallest absolute Gasteiger partial charge is 0.319 e. The normalized spacial score (nSPS) is 30.6. The third kappa shape index (κ3) is 8.00. The fourth-order valence-electron chi connectivity index (χ4n) is 9.35. The Bertz CT molecular complexity index is 2000. The van der Waals surface area contributed by atoms with Gasteiger partial charge in [-0.05, 0) is 81.7 Å². The summed E-state index contributed by atoms with van der Waals surface area (Å²) >= 11 is 0. The third-order valence-corrected chi connectivity index (χ3v) is 12.2. The van der Waals surface area contributed by atoms with Gasteiger partial charge in [-0.1, -0.05) is 24.6 Å². The molecule has 15 nitrogen and oxygen atoms in total. The Hall–Kier alpha value is -5.45. The second-order valence-corrected chi connectivity index (χ2v) is 16.6. The number of nitrogens with one attached hydrogen (secondary N) is 4. The van der Waals surface area contributed by atoms with Gasteiger partial charge in [0.05, 0.1) is 12.0 Å². The van der Waals surface area contributed by atoms with Gasteiger partial charge < -0.3 is 41.1 Å². The van der Waals surface area contributed by atoms with Gasteiger partial charge in [0.25, 0.3) is 0 Å². The number of fused-ring (bicyclic) bond motifs is 2. The number of carbonyl (C=O) groups excluding carboxylic acids is 7. The van der Waals surface area contributed by atoms with Crippen molar-refractivity contribution in [3.63, 3.8) is 0 Å². The lowest BCUT2D eigenvalue weighted by Gasteiger charge is -2.38. The van der Waals surface area contributed by atoms with E-state index in [4.69, 9.17) is 0 Å². The molecule has 0 aromatic heterocycles. The summed E-state index contributed by atoms with van der Waals surface area (Å²) in [6.07, 6.45) is -0.144. The van der Waals surface area contributed by atoms with E-state index < -0.39 is 101 Å². The first kappa shape index (κ1) is 40.7. The predicted molar refractivity (Wildman–Crippen MR) is 204 cm³/mol. The van der Waals surface area contributed by atoms with Crippen molar-refractivity contribution in [2.75, 3.05) is 25.0 Å². The fraction of sp³-hybridized carbons (Fsp3) is 0.537. The number of urea groups is 1. The maximum Gasteiger partial charge on any atom is 0.319 e. The third-order valence-electron chi connectivity index (χ3n) is 12.2. The number of hydrogen-bond acceptors (Lipinski definition) is 8. The molecule has 4 heterocycles. The van der Waals surface area contributed by atoms with Crippen LogP contribution in [0.4, 0.5) is 19.3 Å². The summed E-state index contributed by atoms with van der Waals surface area (Å²) in [5.41, 5.74) is 0.0399. The molecule has 2 aromatic carbocycles. The second-order valence-electron chi connectivity index (χ2n) is 16.6. The molecule has 2 aromatic rings. The summed E-state index contributed by atoms with van der Waals surface area (Å²) in [6.45, 7) is 5.42. The molecule has 0 radical (unpaired) electrons. The van der Waals surface area contributed by atoms with E-state index in [-0.39, 0.29) is 56.2 Å². The number of halogens is 2. The zero-order chi connectivity index (χ0) is 41.6. The summed E-state index contributed by atoms with van der Waals surface area (Å²) in [5, 5.41) is 21.5. The topological polar surface area (TPSA) is 198 Å². The van der Waals surface area contributed by atoms with Crippen molar-refractivity contribution in [1.82, 2.24) is 30.7 Å². The highest BCUT2D eigenvalue weighted by molar-refractivity contribution is 6.12. The van der Waals surface area contributed by atoms with Gasteiger partial charge in [-0.3, -0.25) is 28.8 Å². The van der Waals surface area contributed by atoms with Crippen molar-refractivity contribution in [3.8, 4) is 0 Å². The Kier molecular flexibility index (Phi) is 11.3. The first-order valence-electron chi connectivity index (χ1n) is 19.9. The van der Waals surface area contributed by atoms with Gasteiger partial charge in [0, 0.05) is 44.2 Å². The molecule has 5 aliphatic rings. The van der Waals surface area contributed by atoms with Crippen LogP contribution in [0.2, 0.25) is 0 Å². The molecule has 7 amide bonds. The number of amides is 7. The molecule has 1 aliphatic carbocycles. The lowest BCUT2D eigenvalue weighted by molar-refractivity contribution is -0.151. The summed E-state index contributed by atoms with van der Waals surface area (Å²) in [5.74, 6) is -6.50. The first-order valence-corrected chi connectivity index (χ1v) is 19.9. The molecular formula is C41H49F2N7O8. The van der Waals surface area contributed by atoms with E-state index in [2.05, 4.69) is 21.3 Å². The van der Waals surface area contributed by atoms with Crippen molar-refractivity contribution in [2.45, 2.75) is 108 Å². The minimum Gasteiger partial charge on any atom is -0.391 e. The van der Waals surface area contributed by atoms with Crippen molar-refractivity contribution in [1.29, 1.82) is 0 Å². The lowest BCUT2D eigenvalue weighted by atomic mass is 9.98. The highest BCUT2D eigenvalue weighted by Gasteiger charge is 2.72. The monoisotopic (exact) mass is 805 g/mol. The maximum absolute atomic E-state index is 14.8. The molecule has 7 rings (SSSR count). The number of piperidine rings is 1. The van der Waals surface area contributed by atoms with Gasteiger partial charge in [0.2, 0.25) is 29.5 Å². The minimum absolute atomic E-state index is 0.0220. The van der Waals surface area contributed by atoms with Crippen LogP contribution in [0.1, 0.15) is 63.5 Å². The van der Waals surface area contributed by atoms with Crippen molar-refractivity contribution >= 4 is 47.0 Å². The van der Waals surface area contributed by atoms with E-state index in [0.717, 1.165) is 22.6 Å². The van der Waals surface area contributed by atoms with Gasteiger partial charge in [-0.25, -0.2) is 13.6 Å². The van der Waals surface area contributed by atoms with Crippen LogP contribution in [-0.4, -0.2) is 123 Å². The summed E-state index contributed by atoms with van der Waals surface area (Å²) in [6, 6.07) is 2.42. The van der Waals surface area contributed by atoms with Gasteiger partial charge in [-0.15, -0.1) is 0 Å². The lowest BCUT2D eigenvalue weighted by Crippen LogP contribution is -2.60. The molecule has 2 unspecified atom stereocenters. The minimum atomic E-state index is -1.52. The molecule has 5 fully saturated rings. The second kappa shape index (κ2) is 16.1. The van der Waals surface area contributed by atoms with E-state index >= 15 is 0 Å². The molecule has 4 saturated heterocycles. The maximum atomic E-state index is 14.8. The average Bonchev–Trinajstić information content (AvgIpc) is 3.42. The van der Waals surface area contributed by atoms with Crippen LogP contribution in [0.15, 0.2) is 42.5 Å². The highest BCUT2D eigenvalue weighted by atomic mass is 19.1. The number of anilines is 1. The van der Waals surface area contributed by atoms with Crippen LogP contribution in [0.5, 0.6) is 0 Å². The van der Waals surface area contributed by atoms with E-state index in [0.29, 0.717) is 31.0 Å². The van der Waals surface area contributed by atoms with E-state index in [1.807, 2.05) is 13.8 Å². The van der Waals surface area contributed by atoms with E-state index in [1.165, 1.54) is 16.7 Å². The standard InChI is InChI=1S/C41H49F2N7O8/c1-21-7-9-27(10-8-21)45-40(58)47-30(14-24-12-25(42)15-26(43)13-24)35(53)46-31-17-29-34(52)41(29)18-22(2)19-50(41)37(55)23(3)44-36(54)32-6-4-5-11-48(32)39(57)33-16-28(51)20-49(33)38(31)56/h7-10,12-13,15,22-23,28-33,51H,4-6,11,14,16-20H2,1-3H3,(H,44,54)(H,46,53)(H2,45,47,58)/t22-,23+,28-,29?,30+,31+,32+,33+,41?/m1/s1. The number of ketones is 1. The number of benzene rings is 2. The quantitative estimate of drug-likeness (QED) is 0.290. The summed E-state index contributed by atoms with van der Waals surface area (Å²) in [4.78, 5) is 102. The molecule has 17 heteroatoms. The van der Waals surface area contributed by atoms with Crippen molar-refractivity contribution in [3.05, 3.63) is 65.2 Å². The molecule has 5 N–H and O–H groups in total. The SMILES string of the molecule is Cc1ccc(NC(=O)N[C@@H](Cc2cc(F)cc(F)c2)C(=O)N[C@H]2CC3C(=O)C34C[C@@H](C)CN4C(=O)[C@H](C)NC(=O)[C@@H]3CCCCN3C(=O)[C@@H]3C[C@@H](O)CN3C2=O)cc1. The van der Waals surface area contributed by atoms with Crippen LogP contribution in [0, 0.1) is 30.4 Å².